The van der Waals surface area contributed by atoms with Gasteiger partial charge in [0.2, 0.25) is 0 Å². The molecule has 0 aliphatic carbocycles. The second kappa shape index (κ2) is 6.33. The smallest absolute Gasteiger partial charge is 0.432 e. The Bertz CT molecular complexity index is 1180. The number of hydrogen-bond donors (Lipinski definition) is 2. The Hall–Kier alpha value is -3.52. The van der Waals surface area contributed by atoms with Gasteiger partial charge in [0.25, 0.3) is 0 Å². The van der Waals surface area contributed by atoms with Crippen LogP contribution in [0.4, 0.5) is 4.79 Å². The van der Waals surface area contributed by atoms with Crippen LogP contribution in [0.2, 0.25) is 0 Å². The number of fused-ring (bicyclic) bond motifs is 1. The number of benzene rings is 1. The zero-order valence-corrected chi connectivity index (χ0v) is 14.8. The maximum Gasteiger partial charge on any atom is 0.432 e. The highest BCUT2D eigenvalue weighted by Crippen LogP contribution is 2.32. The predicted molar refractivity (Wildman–Crippen MR) is 99.2 cm³/mol. The molecule has 0 saturated heterocycles. The SMILES string of the molecule is Cc1c(CO)cccc1-c1cc2c(-c3cnn(C)c3)nn(C(=O)O)c2cn1. The molecular weight excluding hydrogens is 346 g/mol. The molecule has 0 radical (unpaired) electrons. The molecular formula is C19H17N5O3. The van der Waals surface area contributed by atoms with Crippen LogP contribution in [0.25, 0.3) is 33.4 Å². The Morgan fingerprint density at radius 1 is 1.26 bits per heavy atom. The normalized spacial score (nSPS) is 11.2. The summed E-state index contributed by atoms with van der Waals surface area (Å²) in [6.45, 7) is 1.87. The third-order valence-corrected chi connectivity index (χ3v) is 4.62. The van der Waals surface area contributed by atoms with Crippen molar-refractivity contribution >= 4 is 17.0 Å². The first-order valence-electron chi connectivity index (χ1n) is 8.30. The van der Waals surface area contributed by atoms with E-state index < -0.39 is 6.09 Å². The van der Waals surface area contributed by atoms with Gasteiger partial charge in [-0.15, -0.1) is 0 Å². The molecule has 4 rings (SSSR count). The lowest BCUT2D eigenvalue weighted by Gasteiger charge is -2.09. The molecule has 1 aromatic carbocycles. The van der Waals surface area contributed by atoms with Gasteiger partial charge in [-0.05, 0) is 24.1 Å². The summed E-state index contributed by atoms with van der Waals surface area (Å²) < 4.78 is 2.56. The molecule has 0 atom stereocenters. The van der Waals surface area contributed by atoms with Crippen LogP contribution < -0.4 is 0 Å². The van der Waals surface area contributed by atoms with Crippen LogP contribution in [0.3, 0.4) is 0 Å². The fourth-order valence-electron chi connectivity index (χ4n) is 3.20. The van der Waals surface area contributed by atoms with Crippen molar-refractivity contribution in [2.75, 3.05) is 0 Å². The summed E-state index contributed by atoms with van der Waals surface area (Å²) in [7, 11) is 1.79. The van der Waals surface area contributed by atoms with E-state index in [-0.39, 0.29) is 6.61 Å². The Morgan fingerprint density at radius 2 is 2.07 bits per heavy atom. The maximum atomic E-state index is 11.6. The second-order valence-electron chi connectivity index (χ2n) is 6.28. The molecule has 3 aromatic heterocycles. The molecule has 0 unspecified atom stereocenters. The Kier molecular flexibility index (Phi) is 3.97. The third-order valence-electron chi connectivity index (χ3n) is 4.62. The van der Waals surface area contributed by atoms with Gasteiger partial charge in [-0.25, -0.2) is 4.79 Å². The highest BCUT2D eigenvalue weighted by Gasteiger charge is 2.19. The van der Waals surface area contributed by atoms with Gasteiger partial charge < -0.3 is 10.2 Å². The quantitative estimate of drug-likeness (QED) is 0.580. The van der Waals surface area contributed by atoms with Crippen molar-refractivity contribution in [1.82, 2.24) is 24.5 Å². The van der Waals surface area contributed by atoms with Crippen LogP contribution in [0.1, 0.15) is 11.1 Å². The summed E-state index contributed by atoms with van der Waals surface area (Å²) in [6.07, 6.45) is 3.76. The second-order valence-corrected chi connectivity index (χ2v) is 6.28. The van der Waals surface area contributed by atoms with Crippen LogP contribution in [0.5, 0.6) is 0 Å². The van der Waals surface area contributed by atoms with Gasteiger partial charge in [-0.2, -0.15) is 14.9 Å². The molecule has 4 aromatic rings. The van der Waals surface area contributed by atoms with Gasteiger partial charge in [-0.1, -0.05) is 18.2 Å². The first kappa shape index (κ1) is 16.9. The highest BCUT2D eigenvalue weighted by atomic mass is 16.4. The molecule has 136 valence electrons. The monoisotopic (exact) mass is 363 g/mol. The molecule has 0 aliphatic rings. The Morgan fingerprint density at radius 3 is 2.74 bits per heavy atom. The number of aliphatic hydroxyl groups excluding tert-OH is 1. The van der Waals surface area contributed by atoms with E-state index in [1.165, 1.54) is 6.20 Å². The van der Waals surface area contributed by atoms with Crippen LogP contribution >= 0.6 is 0 Å². The summed E-state index contributed by atoms with van der Waals surface area (Å²) >= 11 is 0. The fraction of sp³-hybridized carbons (Fsp3) is 0.158. The van der Waals surface area contributed by atoms with E-state index >= 15 is 0 Å². The van der Waals surface area contributed by atoms with Crippen LogP contribution in [-0.2, 0) is 13.7 Å². The molecule has 3 heterocycles. The number of aromatic nitrogens is 5. The van der Waals surface area contributed by atoms with Crippen molar-refractivity contribution in [1.29, 1.82) is 0 Å². The van der Waals surface area contributed by atoms with E-state index in [1.54, 1.807) is 24.1 Å². The highest BCUT2D eigenvalue weighted by molar-refractivity contribution is 5.98. The number of hydrogen-bond acceptors (Lipinski definition) is 5. The lowest BCUT2D eigenvalue weighted by Crippen LogP contribution is -2.09. The predicted octanol–water partition coefficient (Wildman–Crippen LogP) is 2.83. The number of aliphatic hydroxyl groups is 1. The minimum atomic E-state index is -1.18. The first-order valence-corrected chi connectivity index (χ1v) is 8.30. The molecule has 0 fully saturated rings. The van der Waals surface area contributed by atoms with Crippen molar-refractivity contribution < 1.29 is 15.0 Å². The zero-order chi connectivity index (χ0) is 19.1. The average Bonchev–Trinajstić information content (AvgIpc) is 3.25. The first-order chi connectivity index (χ1) is 13.0. The molecule has 0 amide bonds. The van der Waals surface area contributed by atoms with Crippen molar-refractivity contribution in [3.8, 4) is 22.5 Å². The average molecular weight is 363 g/mol. The summed E-state index contributed by atoms with van der Waals surface area (Å²) in [5.41, 5.74) is 4.97. The molecule has 0 aliphatic heterocycles. The molecule has 8 heteroatoms. The standard InChI is InChI=1S/C19H17N5O3/c1-11-12(10-25)4-3-5-14(11)16-6-15-17(8-20-16)24(19(26)27)22-18(15)13-7-21-23(2)9-13/h3-9,25H,10H2,1-2H3,(H,26,27). The van der Waals surface area contributed by atoms with Crippen LogP contribution in [0.15, 0.2) is 42.9 Å². The topological polar surface area (TPSA) is 106 Å². The number of carboxylic acid groups (broad SMARTS) is 1. The summed E-state index contributed by atoms with van der Waals surface area (Å²) in [6, 6.07) is 7.48. The minimum absolute atomic E-state index is 0.0558. The van der Waals surface area contributed by atoms with Crippen molar-refractivity contribution in [3.05, 3.63) is 54.0 Å². The summed E-state index contributed by atoms with van der Waals surface area (Å²) in [5.74, 6) is 0. The van der Waals surface area contributed by atoms with Crippen molar-refractivity contribution in [2.24, 2.45) is 7.05 Å². The van der Waals surface area contributed by atoms with Gasteiger partial charge in [0.1, 0.15) is 5.69 Å². The van der Waals surface area contributed by atoms with Gasteiger partial charge in [0.15, 0.2) is 0 Å². The minimum Gasteiger partial charge on any atom is -0.463 e. The van der Waals surface area contributed by atoms with E-state index in [4.69, 9.17) is 0 Å². The van der Waals surface area contributed by atoms with Gasteiger partial charge >= 0.3 is 6.09 Å². The number of aryl methyl sites for hydroxylation is 1. The van der Waals surface area contributed by atoms with Gasteiger partial charge in [-0.3, -0.25) is 9.67 Å². The van der Waals surface area contributed by atoms with E-state index in [2.05, 4.69) is 15.2 Å². The lowest BCUT2D eigenvalue weighted by atomic mass is 9.99. The number of rotatable bonds is 3. The Labute approximate surface area is 154 Å². The molecule has 2 N–H and O–H groups in total. The maximum absolute atomic E-state index is 11.6. The number of carbonyl (C=O) groups is 1. The van der Waals surface area contributed by atoms with E-state index in [0.717, 1.165) is 26.9 Å². The van der Waals surface area contributed by atoms with Crippen LogP contribution in [0, 0.1) is 6.92 Å². The molecule has 8 nitrogen and oxygen atoms in total. The van der Waals surface area contributed by atoms with Gasteiger partial charge in [0, 0.05) is 29.8 Å². The largest absolute Gasteiger partial charge is 0.463 e. The molecule has 0 saturated carbocycles. The van der Waals surface area contributed by atoms with E-state index in [0.29, 0.717) is 22.3 Å². The van der Waals surface area contributed by atoms with Crippen LogP contribution in [-0.4, -0.2) is 40.9 Å². The molecule has 27 heavy (non-hydrogen) atoms. The van der Waals surface area contributed by atoms with Crippen molar-refractivity contribution in [3.63, 3.8) is 0 Å². The summed E-state index contributed by atoms with van der Waals surface area (Å²) in [4.78, 5) is 16.0. The van der Waals surface area contributed by atoms with Crippen molar-refractivity contribution in [2.45, 2.75) is 13.5 Å². The number of nitrogens with zero attached hydrogens (tertiary/aromatic N) is 5. The lowest BCUT2D eigenvalue weighted by molar-refractivity contribution is 0.194. The zero-order valence-electron chi connectivity index (χ0n) is 14.8. The Balaban J connectivity index is 1.98. The molecule has 0 bridgehead atoms. The van der Waals surface area contributed by atoms with E-state index in [9.17, 15) is 15.0 Å². The summed E-state index contributed by atoms with van der Waals surface area (Å²) in [5, 5.41) is 28.0. The molecule has 0 spiro atoms. The number of pyridine rings is 1. The van der Waals surface area contributed by atoms with E-state index in [1.807, 2.05) is 31.2 Å². The van der Waals surface area contributed by atoms with Gasteiger partial charge in [0.05, 0.1) is 30.2 Å². The fourth-order valence-corrected chi connectivity index (χ4v) is 3.20. The third kappa shape index (κ3) is 2.76.